The summed E-state index contributed by atoms with van der Waals surface area (Å²) >= 11 is 1.03. The van der Waals surface area contributed by atoms with Gasteiger partial charge in [-0.2, -0.15) is 5.11 Å². The summed E-state index contributed by atoms with van der Waals surface area (Å²) in [5.41, 5.74) is 1.74. The Balaban J connectivity index is 1.89. The fourth-order valence-corrected chi connectivity index (χ4v) is 3.91. The molecule has 0 aliphatic rings. The lowest BCUT2D eigenvalue weighted by Gasteiger charge is -2.08. The molecule has 9 heteroatoms. The Bertz CT molecular complexity index is 1360. The van der Waals surface area contributed by atoms with Gasteiger partial charge in [0.1, 0.15) is 0 Å². The number of benzene rings is 3. The monoisotopic (exact) mass is 418 g/mol. The summed E-state index contributed by atoms with van der Waals surface area (Å²) in [4.78, 5) is 35.7. The van der Waals surface area contributed by atoms with Gasteiger partial charge in [0, 0.05) is 24.7 Å². The minimum Gasteiger partial charge on any atom is -0.301 e. The summed E-state index contributed by atoms with van der Waals surface area (Å²) in [5.74, 6) is -0.397. The number of nitro benzene ring substituents is 1. The van der Waals surface area contributed by atoms with Crippen LogP contribution in [0.2, 0.25) is 0 Å². The number of aryl methyl sites for hydroxylation is 1. The third-order valence-electron chi connectivity index (χ3n) is 4.52. The first-order valence-electron chi connectivity index (χ1n) is 8.84. The second-order valence-electron chi connectivity index (χ2n) is 6.40. The molecule has 148 valence electrons. The number of azo groups is 1. The van der Waals surface area contributed by atoms with Gasteiger partial charge in [-0.3, -0.25) is 19.7 Å². The highest BCUT2D eigenvalue weighted by molar-refractivity contribution is 7.16. The van der Waals surface area contributed by atoms with Crippen LogP contribution < -0.4 is 4.87 Å². The van der Waals surface area contributed by atoms with E-state index in [1.54, 1.807) is 31.3 Å². The second kappa shape index (κ2) is 7.80. The normalized spacial score (nSPS) is 11.2. The largest absolute Gasteiger partial charge is 0.307 e. The molecule has 0 atom stereocenters. The number of thiazole rings is 1. The average Bonchev–Trinajstić information content (AvgIpc) is 3.06. The number of fused-ring (bicyclic) bond motifs is 1. The molecule has 0 amide bonds. The van der Waals surface area contributed by atoms with Crippen molar-refractivity contribution in [2.45, 2.75) is 0 Å². The number of hydrogen-bond acceptors (Lipinski definition) is 7. The number of hydrogen-bond donors (Lipinski definition) is 0. The van der Waals surface area contributed by atoms with Crippen LogP contribution in [-0.4, -0.2) is 15.3 Å². The Morgan fingerprint density at radius 2 is 1.70 bits per heavy atom. The number of non-ortho nitro benzene ring substituents is 1. The van der Waals surface area contributed by atoms with Crippen molar-refractivity contribution in [2.75, 3.05) is 0 Å². The summed E-state index contributed by atoms with van der Waals surface area (Å²) < 4.78 is 2.05. The maximum absolute atomic E-state index is 13.4. The number of nitro groups is 1. The lowest BCUT2D eigenvalue weighted by molar-refractivity contribution is -0.384. The molecule has 4 aromatic rings. The maximum Gasteiger partial charge on any atom is 0.307 e. The summed E-state index contributed by atoms with van der Waals surface area (Å²) in [5, 5.41) is 19.4. The van der Waals surface area contributed by atoms with E-state index < -0.39 is 10.7 Å². The highest BCUT2D eigenvalue weighted by Crippen LogP contribution is 2.33. The third-order valence-corrected chi connectivity index (χ3v) is 5.52. The van der Waals surface area contributed by atoms with Gasteiger partial charge in [-0.1, -0.05) is 29.5 Å². The van der Waals surface area contributed by atoms with Gasteiger partial charge in [0.2, 0.25) is 0 Å². The zero-order valence-corrected chi connectivity index (χ0v) is 16.5. The number of carbonyl (C=O) groups excluding carboxylic acids is 1. The topological polar surface area (TPSA) is 107 Å². The van der Waals surface area contributed by atoms with Crippen molar-refractivity contribution in [3.8, 4) is 0 Å². The highest BCUT2D eigenvalue weighted by atomic mass is 32.1. The molecule has 0 aliphatic carbocycles. The van der Waals surface area contributed by atoms with Gasteiger partial charge in [0.05, 0.1) is 32.1 Å². The molecule has 0 fully saturated rings. The van der Waals surface area contributed by atoms with Crippen LogP contribution in [0.4, 0.5) is 17.1 Å². The van der Waals surface area contributed by atoms with E-state index in [1.807, 2.05) is 18.2 Å². The van der Waals surface area contributed by atoms with E-state index in [0.29, 0.717) is 21.6 Å². The zero-order valence-electron chi connectivity index (χ0n) is 15.7. The van der Waals surface area contributed by atoms with E-state index in [-0.39, 0.29) is 21.7 Å². The number of aromatic nitrogens is 1. The summed E-state index contributed by atoms with van der Waals surface area (Å²) in [6.07, 6.45) is 0. The van der Waals surface area contributed by atoms with Crippen molar-refractivity contribution in [1.82, 2.24) is 4.57 Å². The molecule has 0 N–H and O–H groups in total. The number of rotatable bonds is 5. The van der Waals surface area contributed by atoms with Crippen molar-refractivity contribution in [1.29, 1.82) is 0 Å². The molecule has 0 radical (unpaired) electrons. The molecule has 3 aromatic carbocycles. The summed E-state index contributed by atoms with van der Waals surface area (Å²) in [7, 11) is 1.59. The Hall–Kier alpha value is -3.98. The Labute approximate surface area is 173 Å². The third kappa shape index (κ3) is 3.53. The van der Waals surface area contributed by atoms with E-state index in [0.717, 1.165) is 11.3 Å². The minimum absolute atomic E-state index is 0.114. The van der Waals surface area contributed by atoms with E-state index >= 15 is 0 Å². The van der Waals surface area contributed by atoms with Gasteiger partial charge in [-0.25, -0.2) is 0 Å². The van der Waals surface area contributed by atoms with Gasteiger partial charge in [0.25, 0.3) is 5.69 Å². The summed E-state index contributed by atoms with van der Waals surface area (Å²) in [6.45, 7) is 0. The predicted octanol–water partition coefficient (Wildman–Crippen LogP) is 5.15. The van der Waals surface area contributed by atoms with Crippen molar-refractivity contribution in [3.63, 3.8) is 0 Å². The molecule has 8 nitrogen and oxygen atoms in total. The Kier molecular flexibility index (Phi) is 5.03. The molecule has 0 saturated heterocycles. The van der Waals surface area contributed by atoms with E-state index in [1.165, 1.54) is 28.8 Å². The molecule has 0 spiro atoms. The molecule has 1 aromatic heterocycles. The van der Waals surface area contributed by atoms with Crippen LogP contribution in [0.1, 0.15) is 15.9 Å². The van der Waals surface area contributed by atoms with E-state index in [9.17, 15) is 19.7 Å². The number of carbonyl (C=O) groups is 1. The molecule has 30 heavy (non-hydrogen) atoms. The van der Waals surface area contributed by atoms with Crippen LogP contribution in [-0.2, 0) is 7.05 Å². The minimum atomic E-state index is -0.531. The van der Waals surface area contributed by atoms with Gasteiger partial charge < -0.3 is 4.57 Å². The lowest BCUT2D eigenvalue weighted by Crippen LogP contribution is -2.11. The van der Waals surface area contributed by atoms with Gasteiger partial charge >= 0.3 is 4.87 Å². The zero-order chi connectivity index (χ0) is 21.3. The van der Waals surface area contributed by atoms with Crippen LogP contribution in [0.15, 0.2) is 81.8 Å². The van der Waals surface area contributed by atoms with E-state index in [2.05, 4.69) is 10.2 Å². The quantitative estimate of drug-likeness (QED) is 0.193. The summed E-state index contributed by atoms with van der Waals surface area (Å²) in [6, 6.07) is 17.7. The first kappa shape index (κ1) is 19.3. The van der Waals surface area contributed by atoms with Crippen molar-refractivity contribution >= 4 is 44.4 Å². The number of ketones is 1. The highest BCUT2D eigenvalue weighted by Gasteiger charge is 2.22. The molecule has 0 aliphatic heterocycles. The smallest absolute Gasteiger partial charge is 0.301 e. The van der Waals surface area contributed by atoms with E-state index in [4.69, 9.17) is 0 Å². The molecule has 1 heterocycles. The van der Waals surface area contributed by atoms with Crippen molar-refractivity contribution in [3.05, 3.63) is 97.6 Å². The SMILES string of the molecule is Cn1c(=O)sc2ccc(N=Nc3ccccc3)c(C(=O)c3ccc([N+](=O)[O-])cc3)c21. The first-order valence-corrected chi connectivity index (χ1v) is 9.66. The maximum atomic E-state index is 13.4. The van der Waals surface area contributed by atoms with Crippen LogP contribution in [0, 0.1) is 10.1 Å². The fraction of sp³-hybridized carbons (Fsp3) is 0.0476. The molecule has 0 saturated carbocycles. The van der Waals surface area contributed by atoms with Crippen LogP contribution in [0.3, 0.4) is 0 Å². The van der Waals surface area contributed by atoms with Crippen LogP contribution in [0.5, 0.6) is 0 Å². The molecular weight excluding hydrogens is 404 g/mol. The fourth-order valence-electron chi connectivity index (χ4n) is 3.02. The van der Waals surface area contributed by atoms with Crippen molar-refractivity contribution < 1.29 is 9.72 Å². The standard InChI is InChI=1S/C21H14N4O4S/c1-24-19-17(30-21(24)27)12-11-16(23-22-14-5-3-2-4-6-14)18(19)20(26)13-7-9-15(10-8-13)25(28)29/h2-12H,1H3. The molecule has 0 bridgehead atoms. The van der Waals surface area contributed by atoms with Crippen molar-refractivity contribution in [2.24, 2.45) is 17.3 Å². The number of nitrogens with zero attached hydrogens (tertiary/aromatic N) is 4. The van der Waals surface area contributed by atoms with Crippen LogP contribution >= 0.6 is 11.3 Å². The van der Waals surface area contributed by atoms with Gasteiger partial charge in [-0.15, -0.1) is 5.11 Å². The lowest BCUT2D eigenvalue weighted by atomic mass is 10.00. The molecule has 4 rings (SSSR count). The molecule has 0 unspecified atom stereocenters. The predicted molar refractivity (Wildman–Crippen MR) is 114 cm³/mol. The van der Waals surface area contributed by atoms with Gasteiger partial charge in [-0.05, 0) is 36.4 Å². The first-order chi connectivity index (χ1) is 14.5. The second-order valence-corrected chi connectivity index (χ2v) is 7.40. The Morgan fingerprint density at radius 1 is 1.00 bits per heavy atom. The Morgan fingerprint density at radius 3 is 2.37 bits per heavy atom. The van der Waals surface area contributed by atoms with Gasteiger partial charge in [0.15, 0.2) is 5.78 Å². The molecular formula is C21H14N4O4S. The van der Waals surface area contributed by atoms with Crippen LogP contribution in [0.25, 0.3) is 10.2 Å². The average molecular weight is 418 g/mol.